The normalized spacial score (nSPS) is 11.3. The van der Waals surface area contributed by atoms with E-state index in [1.165, 1.54) is 13.2 Å². The lowest BCUT2D eigenvalue weighted by atomic mass is 9.92. The predicted octanol–water partition coefficient (Wildman–Crippen LogP) is 5.44. The molecule has 0 unspecified atom stereocenters. The molecule has 0 saturated heterocycles. The number of halogens is 1. The van der Waals surface area contributed by atoms with Crippen LogP contribution in [0.1, 0.15) is 61.3 Å². The van der Waals surface area contributed by atoms with Gasteiger partial charge >= 0.3 is 0 Å². The maximum absolute atomic E-state index is 14.6. The molecule has 3 rings (SSSR count). The summed E-state index contributed by atoms with van der Waals surface area (Å²) >= 11 is 0. The number of hydrogen-bond acceptors (Lipinski definition) is 6. The van der Waals surface area contributed by atoms with E-state index in [0.29, 0.717) is 36.3 Å². The van der Waals surface area contributed by atoms with Gasteiger partial charge in [0, 0.05) is 35.5 Å². The minimum absolute atomic E-state index is 0.0104. The topological polar surface area (TPSA) is 77.0 Å². The Morgan fingerprint density at radius 1 is 1.06 bits per heavy atom. The minimum Gasteiger partial charge on any atom is -0.494 e. The van der Waals surface area contributed by atoms with E-state index in [2.05, 4.69) is 41.0 Å². The highest BCUT2D eigenvalue weighted by molar-refractivity contribution is 5.96. The molecule has 2 aromatic heterocycles. The number of methoxy groups -OCH3 is 1. The molecule has 0 aliphatic carbocycles. The number of carbonyl (C=O) groups is 1. The average Bonchev–Trinajstić information content (AvgIpc) is 2.78. The molecule has 2 heterocycles. The van der Waals surface area contributed by atoms with Crippen molar-refractivity contribution in [3.8, 4) is 5.75 Å². The molecular formula is C25H29FN4O2. The van der Waals surface area contributed by atoms with E-state index in [9.17, 15) is 9.18 Å². The minimum atomic E-state index is -0.439. The second kappa shape index (κ2) is 9.85. The van der Waals surface area contributed by atoms with E-state index in [1.807, 2.05) is 12.1 Å². The summed E-state index contributed by atoms with van der Waals surface area (Å²) in [5.74, 6) is 0.0579. The van der Waals surface area contributed by atoms with Gasteiger partial charge in [0.1, 0.15) is 0 Å². The quantitative estimate of drug-likeness (QED) is 0.474. The van der Waals surface area contributed by atoms with Gasteiger partial charge in [-0.05, 0) is 48.2 Å². The molecule has 0 atom stereocenters. The maximum Gasteiger partial charge on any atom is 0.227 e. The number of ketones is 1. The van der Waals surface area contributed by atoms with E-state index >= 15 is 0 Å². The van der Waals surface area contributed by atoms with Crippen LogP contribution in [0.15, 0.2) is 42.9 Å². The van der Waals surface area contributed by atoms with Crippen molar-refractivity contribution < 1.29 is 13.9 Å². The second-order valence-corrected chi connectivity index (χ2v) is 8.65. The summed E-state index contributed by atoms with van der Waals surface area (Å²) in [6, 6.07) is 6.99. The van der Waals surface area contributed by atoms with Gasteiger partial charge in [0.2, 0.25) is 5.95 Å². The number of carbonyl (C=O) groups excluding carboxylic acids is 1. The zero-order chi connectivity index (χ0) is 23.3. The van der Waals surface area contributed by atoms with Gasteiger partial charge < -0.3 is 10.1 Å². The molecule has 0 aliphatic rings. The Hall–Kier alpha value is -3.35. The van der Waals surface area contributed by atoms with Crippen LogP contribution in [-0.2, 0) is 18.3 Å². The van der Waals surface area contributed by atoms with Crippen LogP contribution in [0.25, 0.3) is 0 Å². The smallest absolute Gasteiger partial charge is 0.227 e. The number of hydrogen-bond donors (Lipinski definition) is 1. The van der Waals surface area contributed by atoms with Crippen LogP contribution in [0.4, 0.5) is 16.0 Å². The third kappa shape index (κ3) is 5.66. The number of nitrogens with zero attached hydrogens (tertiary/aromatic N) is 3. The van der Waals surface area contributed by atoms with Gasteiger partial charge in [0.15, 0.2) is 17.3 Å². The Morgan fingerprint density at radius 3 is 2.34 bits per heavy atom. The lowest BCUT2D eigenvalue weighted by Crippen LogP contribution is -2.13. The third-order valence-electron chi connectivity index (χ3n) is 5.15. The van der Waals surface area contributed by atoms with Crippen LogP contribution >= 0.6 is 0 Å². The molecule has 6 nitrogen and oxygen atoms in total. The van der Waals surface area contributed by atoms with Crippen LogP contribution in [0.3, 0.4) is 0 Å². The summed E-state index contributed by atoms with van der Waals surface area (Å²) in [6.07, 6.45) is 6.47. The molecule has 0 saturated carbocycles. The molecule has 0 amide bonds. The van der Waals surface area contributed by atoms with Gasteiger partial charge in [0.05, 0.1) is 19.0 Å². The Morgan fingerprint density at radius 2 is 1.78 bits per heavy atom. The molecule has 0 aliphatic heterocycles. The van der Waals surface area contributed by atoms with Crippen molar-refractivity contribution >= 4 is 17.4 Å². The molecular weight excluding hydrogens is 407 g/mol. The molecule has 3 aromatic rings. The van der Waals surface area contributed by atoms with Crippen LogP contribution in [-0.4, -0.2) is 27.8 Å². The molecule has 1 aromatic carbocycles. The number of aryl methyl sites for hydroxylation is 2. The van der Waals surface area contributed by atoms with E-state index in [0.717, 1.165) is 16.9 Å². The molecule has 7 heteroatoms. The monoisotopic (exact) mass is 436 g/mol. The lowest BCUT2D eigenvalue weighted by molar-refractivity contribution is 0.0987. The van der Waals surface area contributed by atoms with E-state index in [4.69, 9.17) is 4.74 Å². The standard InChI is InChI=1S/C25H29FN4O2/c1-6-20(31)18-11-17(23(26)21(12-18)32-5)8-7-16-13-28-24(29-14-16)30-19-9-10-22(27-15-19)25(2,3)4/h9-15H,6-8H2,1-5H3,(H,28,29,30). The van der Waals surface area contributed by atoms with Gasteiger partial charge in [-0.2, -0.15) is 0 Å². The Kier molecular flexibility index (Phi) is 7.18. The fraction of sp³-hybridized carbons (Fsp3) is 0.360. The molecule has 0 radical (unpaired) electrons. The van der Waals surface area contributed by atoms with Crippen molar-refractivity contribution in [1.29, 1.82) is 0 Å². The number of aromatic nitrogens is 3. The van der Waals surface area contributed by atoms with E-state index in [-0.39, 0.29) is 16.9 Å². The van der Waals surface area contributed by atoms with Gasteiger partial charge in [-0.1, -0.05) is 27.7 Å². The first-order valence-corrected chi connectivity index (χ1v) is 10.7. The lowest BCUT2D eigenvalue weighted by Gasteiger charge is -2.17. The highest BCUT2D eigenvalue weighted by Crippen LogP contribution is 2.25. The Bertz CT molecular complexity index is 1070. The van der Waals surface area contributed by atoms with Crippen molar-refractivity contribution in [3.05, 3.63) is 71.1 Å². The third-order valence-corrected chi connectivity index (χ3v) is 5.15. The van der Waals surface area contributed by atoms with Crippen molar-refractivity contribution in [1.82, 2.24) is 15.0 Å². The van der Waals surface area contributed by atoms with Gasteiger partial charge in [-0.25, -0.2) is 14.4 Å². The van der Waals surface area contributed by atoms with Gasteiger partial charge in [-0.3, -0.25) is 9.78 Å². The van der Waals surface area contributed by atoms with Crippen LogP contribution in [0.5, 0.6) is 5.75 Å². The molecule has 0 fully saturated rings. The summed E-state index contributed by atoms with van der Waals surface area (Å²) in [4.78, 5) is 25.3. The highest BCUT2D eigenvalue weighted by Gasteiger charge is 2.16. The number of rotatable bonds is 8. The molecule has 1 N–H and O–H groups in total. The molecule has 0 spiro atoms. The summed E-state index contributed by atoms with van der Waals surface area (Å²) in [6.45, 7) is 8.12. The number of ether oxygens (including phenoxy) is 1. The van der Waals surface area contributed by atoms with Gasteiger partial charge in [-0.15, -0.1) is 0 Å². The number of pyridine rings is 1. The van der Waals surface area contributed by atoms with Gasteiger partial charge in [0.25, 0.3) is 0 Å². The zero-order valence-corrected chi connectivity index (χ0v) is 19.2. The van der Waals surface area contributed by atoms with Crippen LogP contribution < -0.4 is 10.1 Å². The summed E-state index contributed by atoms with van der Waals surface area (Å²) in [5.41, 5.74) is 3.56. The zero-order valence-electron chi connectivity index (χ0n) is 19.2. The van der Waals surface area contributed by atoms with Crippen LogP contribution in [0, 0.1) is 5.82 Å². The SMILES string of the molecule is CCC(=O)c1cc(CCc2cnc(Nc3ccc(C(C)(C)C)nc3)nc2)c(F)c(OC)c1. The first kappa shape index (κ1) is 23.3. The number of Topliss-reactive ketones (excluding diaryl/α,β-unsaturated/α-hetero) is 1. The van der Waals surface area contributed by atoms with Crippen molar-refractivity contribution in [2.24, 2.45) is 0 Å². The van der Waals surface area contributed by atoms with Crippen molar-refractivity contribution in [2.75, 3.05) is 12.4 Å². The fourth-order valence-electron chi connectivity index (χ4n) is 3.22. The summed E-state index contributed by atoms with van der Waals surface area (Å²) in [5, 5.41) is 3.14. The van der Waals surface area contributed by atoms with Crippen molar-refractivity contribution in [3.63, 3.8) is 0 Å². The second-order valence-electron chi connectivity index (χ2n) is 8.65. The summed E-state index contributed by atoms with van der Waals surface area (Å²) in [7, 11) is 1.40. The average molecular weight is 437 g/mol. The Balaban J connectivity index is 1.67. The fourth-order valence-corrected chi connectivity index (χ4v) is 3.22. The Labute approximate surface area is 188 Å². The maximum atomic E-state index is 14.6. The predicted molar refractivity (Wildman–Crippen MR) is 123 cm³/mol. The van der Waals surface area contributed by atoms with E-state index < -0.39 is 5.82 Å². The first-order chi connectivity index (χ1) is 15.2. The first-order valence-electron chi connectivity index (χ1n) is 10.7. The molecule has 32 heavy (non-hydrogen) atoms. The van der Waals surface area contributed by atoms with Crippen LogP contribution in [0.2, 0.25) is 0 Å². The number of anilines is 2. The number of nitrogens with one attached hydrogen (secondary N) is 1. The van der Waals surface area contributed by atoms with E-state index in [1.54, 1.807) is 31.6 Å². The largest absolute Gasteiger partial charge is 0.494 e. The molecule has 168 valence electrons. The molecule has 0 bridgehead atoms. The summed E-state index contributed by atoms with van der Waals surface area (Å²) < 4.78 is 19.8. The van der Waals surface area contributed by atoms with Crippen molar-refractivity contribution in [2.45, 2.75) is 52.4 Å². The number of benzene rings is 1. The highest BCUT2D eigenvalue weighted by atomic mass is 19.1.